The fraction of sp³-hybridized carbons (Fsp3) is 1.00. The highest BCUT2D eigenvalue weighted by Crippen LogP contribution is 2.33. The summed E-state index contributed by atoms with van der Waals surface area (Å²) < 4.78 is 0. The van der Waals surface area contributed by atoms with Crippen molar-refractivity contribution in [1.82, 2.24) is 4.90 Å². The molecule has 1 aliphatic rings. The molecule has 0 unspecified atom stereocenters. The van der Waals surface area contributed by atoms with E-state index in [0.29, 0.717) is 11.0 Å². The molecule has 0 atom stereocenters. The lowest BCUT2D eigenvalue weighted by Gasteiger charge is -2.46. The Hall–Kier alpha value is -0.0800. The monoisotopic (exact) mass is 212 g/mol. The van der Waals surface area contributed by atoms with E-state index in [2.05, 4.69) is 32.7 Å². The Morgan fingerprint density at radius 2 is 1.67 bits per heavy atom. The third kappa shape index (κ3) is 3.46. The Balaban J connectivity index is 2.63. The van der Waals surface area contributed by atoms with E-state index in [0.717, 1.165) is 13.1 Å². The molecular formula is C13H28N2. The largest absolute Gasteiger partial charge is 0.329 e. The van der Waals surface area contributed by atoms with E-state index in [9.17, 15) is 0 Å². The summed E-state index contributed by atoms with van der Waals surface area (Å²) in [4.78, 5) is 2.52. The van der Waals surface area contributed by atoms with Crippen molar-refractivity contribution in [1.29, 1.82) is 0 Å². The third-order valence-electron chi connectivity index (χ3n) is 3.69. The second kappa shape index (κ2) is 4.84. The maximum Gasteiger partial charge on any atom is 0.0328 e. The van der Waals surface area contributed by atoms with Crippen molar-refractivity contribution in [2.24, 2.45) is 11.1 Å². The summed E-state index contributed by atoms with van der Waals surface area (Å²) in [6.07, 6.45) is 6.68. The molecule has 0 aromatic rings. The highest BCUT2D eigenvalue weighted by molar-refractivity contribution is 4.93. The van der Waals surface area contributed by atoms with Gasteiger partial charge in [-0.3, -0.25) is 4.90 Å². The SMILES string of the molecule is CN(CC(C)(C)C)C1(CN)CCCCC1. The maximum atomic E-state index is 6.02. The molecule has 0 radical (unpaired) electrons. The maximum absolute atomic E-state index is 6.02. The van der Waals surface area contributed by atoms with Gasteiger partial charge in [0, 0.05) is 18.6 Å². The molecule has 1 aliphatic carbocycles. The van der Waals surface area contributed by atoms with Crippen LogP contribution in [0.3, 0.4) is 0 Å². The van der Waals surface area contributed by atoms with Gasteiger partial charge in [-0.15, -0.1) is 0 Å². The number of rotatable bonds is 3. The van der Waals surface area contributed by atoms with Crippen LogP contribution in [0.15, 0.2) is 0 Å². The minimum Gasteiger partial charge on any atom is -0.329 e. The predicted octanol–water partition coefficient (Wildman–Crippen LogP) is 2.63. The molecule has 0 amide bonds. The average molecular weight is 212 g/mol. The lowest BCUT2D eigenvalue weighted by molar-refractivity contribution is 0.0535. The Morgan fingerprint density at radius 3 is 2.07 bits per heavy atom. The summed E-state index contributed by atoms with van der Waals surface area (Å²) in [6, 6.07) is 0. The summed E-state index contributed by atoms with van der Waals surface area (Å²) in [5, 5.41) is 0. The quantitative estimate of drug-likeness (QED) is 0.779. The summed E-state index contributed by atoms with van der Waals surface area (Å²) in [5.74, 6) is 0. The first-order valence-electron chi connectivity index (χ1n) is 6.31. The van der Waals surface area contributed by atoms with Gasteiger partial charge >= 0.3 is 0 Å². The molecule has 0 bridgehead atoms. The molecule has 0 aromatic carbocycles. The first-order valence-corrected chi connectivity index (χ1v) is 6.31. The zero-order chi connectivity index (χ0) is 11.5. The lowest BCUT2D eigenvalue weighted by atomic mass is 9.79. The van der Waals surface area contributed by atoms with E-state index in [-0.39, 0.29) is 0 Å². The number of hydrogen-bond donors (Lipinski definition) is 1. The van der Waals surface area contributed by atoms with Gasteiger partial charge in [-0.05, 0) is 25.3 Å². The van der Waals surface area contributed by atoms with Crippen LogP contribution in [0.4, 0.5) is 0 Å². The first-order chi connectivity index (χ1) is 6.90. The van der Waals surface area contributed by atoms with Crippen LogP contribution in [0.1, 0.15) is 52.9 Å². The van der Waals surface area contributed by atoms with E-state index in [1.807, 2.05) is 0 Å². The van der Waals surface area contributed by atoms with Gasteiger partial charge in [0.1, 0.15) is 0 Å². The third-order valence-corrected chi connectivity index (χ3v) is 3.69. The summed E-state index contributed by atoms with van der Waals surface area (Å²) in [7, 11) is 2.25. The van der Waals surface area contributed by atoms with Gasteiger partial charge in [0.05, 0.1) is 0 Å². The summed E-state index contributed by atoms with van der Waals surface area (Å²) in [6.45, 7) is 8.87. The van der Waals surface area contributed by atoms with Crippen molar-refractivity contribution in [2.75, 3.05) is 20.1 Å². The van der Waals surface area contributed by atoms with E-state index in [4.69, 9.17) is 5.73 Å². The number of likely N-dealkylation sites (N-methyl/N-ethyl adjacent to an activating group) is 1. The second-order valence-corrected chi connectivity index (χ2v) is 6.41. The molecular weight excluding hydrogens is 184 g/mol. The van der Waals surface area contributed by atoms with Gasteiger partial charge in [0.2, 0.25) is 0 Å². The lowest BCUT2D eigenvalue weighted by Crippen LogP contribution is -2.55. The van der Waals surface area contributed by atoms with Crippen LogP contribution >= 0.6 is 0 Å². The standard InChI is InChI=1S/C13H28N2/c1-12(2,3)11-15(4)13(10-14)8-6-5-7-9-13/h5-11,14H2,1-4H3. The minimum absolute atomic E-state index is 0.297. The fourth-order valence-corrected chi connectivity index (χ4v) is 2.83. The second-order valence-electron chi connectivity index (χ2n) is 6.41. The van der Waals surface area contributed by atoms with Crippen molar-refractivity contribution in [2.45, 2.75) is 58.4 Å². The van der Waals surface area contributed by atoms with Crippen LogP contribution in [-0.2, 0) is 0 Å². The smallest absolute Gasteiger partial charge is 0.0328 e. The molecule has 2 heteroatoms. The fourth-order valence-electron chi connectivity index (χ4n) is 2.83. The molecule has 0 saturated heterocycles. The molecule has 90 valence electrons. The van der Waals surface area contributed by atoms with Crippen LogP contribution in [0, 0.1) is 5.41 Å². The Labute approximate surface area is 95.2 Å². The van der Waals surface area contributed by atoms with Crippen LogP contribution in [-0.4, -0.2) is 30.6 Å². The molecule has 1 rings (SSSR count). The number of nitrogens with two attached hydrogens (primary N) is 1. The van der Waals surface area contributed by atoms with Gasteiger partial charge in [-0.2, -0.15) is 0 Å². The van der Waals surface area contributed by atoms with E-state index in [1.54, 1.807) is 0 Å². The van der Waals surface area contributed by atoms with Crippen LogP contribution in [0.5, 0.6) is 0 Å². The number of hydrogen-bond acceptors (Lipinski definition) is 2. The molecule has 0 heterocycles. The van der Waals surface area contributed by atoms with Gasteiger partial charge in [0.15, 0.2) is 0 Å². The molecule has 1 fully saturated rings. The topological polar surface area (TPSA) is 29.3 Å². The first kappa shape index (κ1) is 13.0. The molecule has 0 aliphatic heterocycles. The molecule has 2 nitrogen and oxygen atoms in total. The van der Waals surface area contributed by atoms with Crippen molar-refractivity contribution >= 4 is 0 Å². The van der Waals surface area contributed by atoms with Crippen LogP contribution < -0.4 is 5.73 Å². The van der Waals surface area contributed by atoms with Crippen molar-refractivity contribution in [3.63, 3.8) is 0 Å². The molecule has 2 N–H and O–H groups in total. The van der Waals surface area contributed by atoms with Gasteiger partial charge < -0.3 is 5.73 Å². The van der Waals surface area contributed by atoms with Crippen LogP contribution in [0.25, 0.3) is 0 Å². The van der Waals surface area contributed by atoms with Crippen molar-refractivity contribution in [3.05, 3.63) is 0 Å². The van der Waals surface area contributed by atoms with E-state index < -0.39 is 0 Å². The average Bonchev–Trinajstić information content (AvgIpc) is 2.16. The Bertz CT molecular complexity index is 187. The highest BCUT2D eigenvalue weighted by Gasteiger charge is 2.35. The summed E-state index contributed by atoms with van der Waals surface area (Å²) in [5.41, 5.74) is 6.68. The van der Waals surface area contributed by atoms with Gasteiger partial charge in [0.25, 0.3) is 0 Å². The zero-order valence-electron chi connectivity index (χ0n) is 11.0. The normalized spacial score (nSPS) is 22.0. The van der Waals surface area contributed by atoms with Gasteiger partial charge in [-0.1, -0.05) is 40.0 Å². The Kier molecular flexibility index (Phi) is 4.19. The van der Waals surface area contributed by atoms with Gasteiger partial charge in [-0.25, -0.2) is 0 Å². The highest BCUT2D eigenvalue weighted by atomic mass is 15.2. The molecule has 1 saturated carbocycles. The Morgan fingerprint density at radius 1 is 1.13 bits per heavy atom. The zero-order valence-corrected chi connectivity index (χ0v) is 11.0. The molecule has 0 aromatic heterocycles. The molecule has 15 heavy (non-hydrogen) atoms. The predicted molar refractivity (Wildman–Crippen MR) is 67.0 cm³/mol. The van der Waals surface area contributed by atoms with E-state index >= 15 is 0 Å². The van der Waals surface area contributed by atoms with Crippen molar-refractivity contribution < 1.29 is 0 Å². The number of nitrogens with zero attached hydrogens (tertiary/aromatic N) is 1. The van der Waals surface area contributed by atoms with E-state index in [1.165, 1.54) is 32.1 Å². The summed E-state index contributed by atoms with van der Waals surface area (Å²) >= 11 is 0. The molecule has 0 spiro atoms. The van der Waals surface area contributed by atoms with Crippen LogP contribution in [0.2, 0.25) is 0 Å². The van der Waals surface area contributed by atoms with Crippen molar-refractivity contribution in [3.8, 4) is 0 Å². The minimum atomic E-state index is 0.297.